The van der Waals surface area contributed by atoms with Crippen LogP contribution >= 0.6 is 0 Å². The highest BCUT2D eigenvalue weighted by Gasteiger charge is 2.41. The van der Waals surface area contributed by atoms with Gasteiger partial charge in [0.05, 0.1) is 25.2 Å². The van der Waals surface area contributed by atoms with E-state index < -0.39 is 5.41 Å². The fourth-order valence-electron chi connectivity index (χ4n) is 3.39. The second-order valence-corrected chi connectivity index (χ2v) is 7.29. The maximum atomic E-state index is 13.0. The fourth-order valence-corrected chi connectivity index (χ4v) is 3.39. The summed E-state index contributed by atoms with van der Waals surface area (Å²) in [6, 6.07) is 9.71. The molecule has 0 saturated carbocycles. The van der Waals surface area contributed by atoms with Gasteiger partial charge in [-0.3, -0.25) is 4.79 Å². The van der Waals surface area contributed by atoms with Gasteiger partial charge in [0, 0.05) is 42.9 Å². The normalized spacial score (nSPS) is 18.1. The van der Waals surface area contributed by atoms with E-state index in [0.717, 1.165) is 24.2 Å². The van der Waals surface area contributed by atoms with E-state index in [2.05, 4.69) is 25.6 Å². The number of nitrogens with one attached hydrogen (secondary N) is 2. The molecule has 150 valence electrons. The Hall–Kier alpha value is -3.26. The molecule has 8 heteroatoms. The van der Waals surface area contributed by atoms with Crippen molar-refractivity contribution >= 4 is 17.5 Å². The molecule has 0 aliphatic carbocycles. The van der Waals surface area contributed by atoms with E-state index in [-0.39, 0.29) is 12.5 Å². The van der Waals surface area contributed by atoms with Gasteiger partial charge in [-0.1, -0.05) is 18.2 Å². The number of aromatic nitrogens is 4. The van der Waals surface area contributed by atoms with Crippen LogP contribution in [0, 0.1) is 0 Å². The van der Waals surface area contributed by atoms with Crippen LogP contribution in [0.2, 0.25) is 0 Å². The minimum atomic E-state index is -0.862. The van der Waals surface area contributed by atoms with E-state index in [1.807, 2.05) is 48.0 Å². The topological polar surface area (TPSA) is 94.0 Å². The van der Waals surface area contributed by atoms with Crippen molar-refractivity contribution in [3.63, 3.8) is 0 Å². The number of rotatable bonds is 7. The molecular weight excluding hydrogens is 368 g/mol. The molecule has 1 amide bonds. The average Bonchev–Trinajstić information content (AvgIpc) is 3.26. The number of hydrogen-bond donors (Lipinski definition) is 2. The van der Waals surface area contributed by atoms with Crippen LogP contribution in [0.4, 0.5) is 11.6 Å². The molecule has 1 unspecified atom stereocenters. The number of benzene rings is 1. The number of fused-ring (bicyclic) bond motifs is 1. The van der Waals surface area contributed by atoms with E-state index in [1.54, 1.807) is 18.7 Å². The first-order valence-corrected chi connectivity index (χ1v) is 9.65. The molecule has 1 aliphatic heterocycles. The molecule has 4 rings (SSSR count). The SMILES string of the molecule is CC1(C(=O)NCCCn2ccnc2)COCc2cnc(Nc3ccccc3)nc21. The van der Waals surface area contributed by atoms with E-state index >= 15 is 0 Å². The van der Waals surface area contributed by atoms with Crippen LogP contribution in [0.5, 0.6) is 0 Å². The van der Waals surface area contributed by atoms with E-state index in [0.29, 0.717) is 24.8 Å². The Morgan fingerprint density at radius 2 is 2.17 bits per heavy atom. The molecule has 1 aliphatic rings. The number of amides is 1. The summed E-state index contributed by atoms with van der Waals surface area (Å²) >= 11 is 0. The maximum absolute atomic E-state index is 13.0. The molecule has 8 nitrogen and oxygen atoms in total. The second-order valence-electron chi connectivity index (χ2n) is 7.29. The predicted octanol–water partition coefficient (Wildman–Crippen LogP) is 2.41. The van der Waals surface area contributed by atoms with E-state index in [9.17, 15) is 4.79 Å². The summed E-state index contributed by atoms with van der Waals surface area (Å²) in [7, 11) is 0. The van der Waals surface area contributed by atoms with Gasteiger partial charge in [0.2, 0.25) is 11.9 Å². The number of aryl methyl sites for hydroxylation is 1. The summed E-state index contributed by atoms with van der Waals surface area (Å²) in [6.07, 6.45) is 7.98. The first-order chi connectivity index (χ1) is 14.1. The second kappa shape index (κ2) is 8.40. The highest BCUT2D eigenvalue weighted by Crippen LogP contribution is 2.32. The number of carbonyl (C=O) groups excluding carboxylic acids is 1. The number of para-hydroxylation sites is 1. The molecule has 0 spiro atoms. The van der Waals surface area contributed by atoms with Gasteiger partial charge in [-0.15, -0.1) is 0 Å². The van der Waals surface area contributed by atoms with Crippen molar-refractivity contribution in [2.45, 2.75) is 31.9 Å². The van der Waals surface area contributed by atoms with Crippen LogP contribution in [0.15, 0.2) is 55.2 Å². The van der Waals surface area contributed by atoms with Crippen molar-refractivity contribution in [3.8, 4) is 0 Å². The summed E-state index contributed by atoms with van der Waals surface area (Å²) in [6.45, 7) is 3.94. The van der Waals surface area contributed by atoms with Gasteiger partial charge in [-0.25, -0.2) is 15.0 Å². The van der Waals surface area contributed by atoms with E-state index in [1.165, 1.54) is 0 Å². The molecule has 0 fully saturated rings. The molecule has 0 saturated heterocycles. The highest BCUT2D eigenvalue weighted by molar-refractivity contribution is 5.88. The van der Waals surface area contributed by atoms with Gasteiger partial charge in [-0.2, -0.15) is 0 Å². The first kappa shape index (κ1) is 19.1. The standard InChI is InChI=1S/C21H24N6O2/c1-21(19(28)23-8-5-10-27-11-9-22-15-27)14-29-13-16-12-24-20(26-18(16)21)25-17-6-3-2-4-7-17/h2-4,6-7,9,11-12,15H,5,8,10,13-14H2,1H3,(H,23,28)(H,24,25,26). The maximum Gasteiger partial charge on any atom is 0.234 e. The minimum absolute atomic E-state index is 0.0894. The molecule has 1 atom stereocenters. The van der Waals surface area contributed by atoms with Crippen molar-refractivity contribution in [3.05, 3.63) is 66.5 Å². The fraction of sp³-hybridized carbons (Fsp3) is 0.333. The monoisotopic (exact) mass is 392 g/mol. The van der Waals surface area contributed by atoms with Gasteiger partial charge < -0.3 is 19.9 Å². The Morgan fingerprint density at radius 3 is 2.97 bits per heavy atom. The van der Waals surface area contributed by atoms with Crippen molar-refractivity contribution in [1.29, 1.82) is 0 Å². The van der Waals surface area contributed by atoms with Gasteiger partial charge in [0.15, 0.2) is 0 Å². The quantitative estimate of drug-likeness (QED) is 0.600. The molecule has 1 aromatic carbocycles. The third kappa shape index (κ3) is 4.27. The molecule has 2 N–H and O–H groups in total. The molecule has 2 aromatic heterocycles. The van der Waals surface area contributed by atoms with Crippen LogP contribution in [-0.4, -0.2) is 38.6 Å². The van der Waals surface area contributed by atoms with Crippen LogP contribution < -0.4 is 10.6 Å². The Kier molecular flexibility index (Phi) is 5.53. The molecule has 3 heterocycles. The van der Waals surface area contributed by atoms with Crippen molar-refractivity contribution in [1.82, 2.24) is 24.8 Å². The van der Waals surface area contributed by atoms with Gasteiger partial charge >= 0.3 is 0 Å². The number of hydrogen-bond acceptors (Lipinski definition) is 6. The van der Waals surface area contributed by atoms with E-state index in [4.69, 9.17) is 4.74 Å². The summed E-state index contributed by atoms with van der Waals surface area (Å²) < 4.78 is 7.67. The zero-order valence-electron chi connectivity index (χ0n) is 16.3. The van der Waals surface area contributed by atoms with Crippen LogP contribution in [-0.2, 0) is 28.1 Å². The number of anilines is 2. The average molecular weight is 392 g/mol. The minimum Gasteiger partial charge on any atom is -0.375 e. The predicted molar refractivity (Wildman–Crippen MR) is 109 cm³/mol. The first-order valence-electron chi connectivity index (χ1n) is 9.65. The lowest BCUT2D eigenvalue weighted by Gasteiger charge is -2.33. The van der Waals surface area contributed by atoms with Crippen molar-refractivity contribution in [2.24, 2.45) is 0 Å². The molecule has 0 radical (unpaired) electrons. The summed E-state index contributed by atoms with van der Waals surface area (Å²) in [5.74, 6) is 0.379. The lowest BCUT2D eigenvalue weighted by atomic mass is 9.82. The lowest BCUT2D eigenvalue weighted by Crippen LogP contribution is -2.49. The van der Waals surface area contributed by atoms with Crippen molar-refractivity contribution in [2.75, 3.05) is 18.5 Å². The Labute approximate surface area is 169 Å². The van der Waals surface area contributed by atoms with Crippen molar-refractivity contribution < 1.29 is 9.53 Å². The molecule has 3 aromatic rings. The van der Waals surface area contributed by atoms with Gasteiger partial charge in [-0.05, 0) is 25.5 Å². The zero-order valence-corrected chi connectivity index (χ0v) is 16.3. The third-order valence-electron chi connectivity index (χ3n) is 5.00. The molecule has 29 heavy (non-hydrogen) atoms. The van der Waals surface area contributed by atoms with Crippen LogP contribution in [0.3, 0.4) is 0 Å². The van der Waals surface area contributed by atoms with Gasteiger partial charge in [0.25, 0.3) is 0 Å². The number of nitrogens with zero attached hydrogens (tertiary/aromatic N) is 4. The smallest absolute Gasteiger partial charge is 0.234 e. The Bertz CT molecular complexity index is 961. The molecular formula is C21H24N6O2. The van der Waals surface area contributed by atoms with Crippen LogP contribution in [0.1, 0.15) is 24.6 Å². The number of ether oxygens (including phenoxy) is 1. The summed E-state index contributed by atoms with van der Waals surface area (Å²) in [5, 5.41) is 6.23. The zero-order chi connectivity index (χ0) is 20.1. The highest BCUT2D eigenvalue weighted by atomic mass is 16.5. The number of imidazole rings is 1. The van der Waals surface area contributed by atoms with Gasteiger partial charge in [0.1, 0.15) is 5.41 Å². The summed E-state index contributed by atoms with van der Waals surface area (Å²) in [5.41, 5.74) is 1.58. The number of carbonyl (C=O) groups is 1. The van der Waals surface area contributed by atoms with Crippen LogP contribution in [0.25, 0.3) is 0 Å². The summed E-state index contributed by atoms with van der Waals surface area (Å²) in [4.78, 5) is 26.1. The Balaban J connectivity index is 1.46. The largest absolute Gasteiger partial charge is 0.375 e. The lowest BCUT2D eigenvalue weighted by molar-refractivity contribution is -0.129. The molecule has 0 bridgehead atoms. The Morgan fingerprint density at radius 1 is 1.31 bits per heavy atom. The third-order valence-corrected chi connectivity index (χ3v) is 5.00.